The van der Waals surface area contributed by atoms with Gasteiger partial charge in [-0.15, -0.1) is 0 Å². The fourth-order valence-electron chi connectivity index (χ4n) is 4.20. The lowest BCUT2D eigenvalue weighted by molar-refractivity contribution is -0.0353. The Morgan fingerprint density at radius 2 is 1.83 bits per heavy atom. The summed E-state index contributed by atoms with van der Waals surface area (Å²) in [6.45, 7) is 7.59. The molecule has 0 aliphatic carbocycles. The highest BCUT2D eigenvalue weighted by Gasteiger charge is 2.28. The molecule has 0 spiro atoms. The first-order chi connectivity index (χ1) is 14.6. The number of hydrogen-bond acceptors (Lipinski definition) is 5. The van der Waals surface area contributed by atoms with Gasteiger partial charge in [-0.2, -0.15) is 0 Å². The molecule has 30 heavy (non-hydrogen) atoms. The maximum Gasteiger partial charge on any atom is 0.289 e. The van der Waals surface area contributed by atoms with Crippen LogP contribution in [0.1, 0.15) is 32.9 Å². The van der Waals surface area contributed by atoms with Gasteiger partial charge in [0.25, 0.3) is 11.8 Å². The molecule has 4 rings (SSSR count). The number of nitrogens with zero attached hydrogens (tertiary/aromatic N) is 3. The third-order valence-corrected chi connectivity index (χ3v) is 5.87. The van der Waals surface area contributed by atoms with Gasteiger partial charge in [-0.3, -0.25) is 14.5 Å². The number of furan rings is 1. The van der Waals surface area contributed by atoms with Crippen LogP contribution < -0.4 is 0 Å². The molecular formula is C23H29N3O4. The van der Waals surface area contributed by atoms with Crippen molar-refractivity contribution in [2.45, 2.75) is 19.4 Å². The minimum Gasteiger partial charge on any atom is -0.459 e. The molecular weight excluding hydrogens is 382 g/mol. The van der Waals surface area contributed by atoms with Gasteiger partial charge in [-0.25, -0.2) is 0 Å². The molecule has 7 heteroatoms. The number of morpholine rings is 1. The molecule has 0 radical (unpaired) electrons. The van der Waals surface area contributed by atoms with Crippen LogP contribution in [0.3, 0.4) is 0 Å². The lowest BCUT2D eigenvalue weighted by Crippen LogP contribution is -2.50. The number of benzene rings is 1. The van der Waals surface area contributed by atoms with Gasteiger partial charge in [-0.05, 0) is 43.7 Å². The van der Waals surface area contributed by atoms with Crippen LogP contribution in [0.15, 0.2) is 47.1 Å². The Kier molecular flexibility index (Phi) is 6.50. The summed E-state index contributed by atoms with van der Waals surface area (Å²) >= 11 is 0. The van der Waals surface area contributed by atoms with Crippen LogP contribution >= 0.6 is 0 Å². The number of carbonyl (C=O) groups is 2. The fraction of sp³-hybridized carbons (Fsp3) is 0.478. The van der Waals surface area contributed by atoms with Crippen LogP contribution in [0.5, 0.6) is 0 Å². The average Bonchev–Trinajstić information content (AvgIpc) is 3.21. The predicted octanol–water partition coefficient (Wildman–Crippen LogP) is 2.28. The second-order valence-electron chi connectivity index (χ2n) is 7.98. The van der Waals surface area contributed by atoms with Crippen LogP contribution in [0.4, 0.5) is 0 Å². The van der Waals surface area contributed by atoms with Crippen LogP contribution in [0, 0.1) is 6.92 Å². The van der Waals surface area contributed by atoms with Crippen LogP contribution in [0.2, 0.25) is 0 Å². The second-order valence-corrected chi connectivity index (χ2v) is 7.98. The Hall–Kier alpha value is -2.64. The minimum atomic E-state index is -0.0502. The third kappa shape index (κ3) is 4.74. The van der Waals surface area contributed by atoms with E-state index in [-0.39, 0.29) is 17.9 Å². The first kappa shape index (κ1) is 20.6. The zero-order chi connectivity index (χ0) is 20.9. The molecule has 2 aliphatic heterocycles. The van der Waals surface area contributed by atoms with Crippen molar-refractivity contribution in [2.75, 3.05) is 52.4 Å². The number of aryl methyl sites for hydroxylation is 1. The summed E-state index contributed by atoms with van der Waals surface area (Å²) in [6.07, 6.45) is 2.42. The Morgan fingerprint density at radius 3 is 2.63 bits per heavy atom. The molecule has 7 nitrogen and oxygen atoms in total. The molecule has 2 aromatic rings. The van der Waals surface area contributed by atoms with Crippen molar-refractivity contribution in [1.82, 2.24) is 14.7 Å². The molecule has 3 heterocycles. The molecule has 1 atom stereocenters. The van der Waals surface area contributed by atoms with Crippen molar-refractivity contribution in [3.63, 3.8) is 0 Å². The number of carbonyl (C=O) groups excluding carboxylic acids is 2. The highest BCUT2D eigenvalue weighted by molar-refractivity contribution is 5.95. The standard InChI is InChI=1S/C23H29N3O4/c1-18-6-2-3-7-20(18)22(27)26-13-15-29-19(17-26)16-24-9-5-10-25(12-11-24)23(28)21-8-4-14-30-21/h2-4,6-8,14,19H,5,9-13,15-17H2,1H3. The van der Waals surface area contributed by atoms with E-state index < -0.39 is 0 Å². The van der Waals surface area contributed by atoms with E-state index in [0.717, 1.165) is 43.7 Å². The third-order valence-electron chi connectivity index (χ3n) is 5.87. The zero-order valence-electron chi connectivity index (χ0n) is 17.5. The largest absolute Gasteiger partial charge is 0.459 e. The fourth-order valence-corrected chi connectivity index (χ4v) is 4.20. The normalized spacial score (nSPS) is 20.8. The molecule has 1 unspecified atom stereocenters. The quantitative estimate of drug-likeness (QED) is 0.772. The van der Waals surface area contributed by atoms with Gasteiger partial charge < -0.3 is 19.0 Å². The molecule has 160 valence electrons. The number of rotatable bonds is 4. The second kappa shape index (κ2) is 9.45. The van der Waals surface area contributed by atoms with Crippen molar-refractivity contribution in [2.24, 2.45) is 0 Å². The molecule has 0 bridgehead atoms. The van der Waals surface area contributed by atoms with E-state index in [0.29, 0.717) is 32.0 Å². The monoisotopic (exact) mass is 411 g/mol. The summed E-state index contributed by atoms with van der Waals surface area (Å²) in [5, 5.41) is 0. The Labute approximate surface area is 177 Å². The highest BCUT2D eigenvalue weighted by Crippen LogP contribution is 2.16. The van der Waals surface area contributed by atoms with Crippen LogP contribution in [0.25, 0.3) is 0 Å². The zero-order valence-corrected chi connectivity index (χ0v) is 17.5. The van der Waals surface area contributed by atoms with Crippen molar-refractivity contribution in [3.05, 3.63) is 59.5 Å². The lowest BCUT2D eigenvalue weighted by Gasteiger charge is -2.35. The number of hydrogen-bond donors (Lipinski definition) is 0. The number of amides is 2. The Bertz CT molecular complexity index is 867. The summed E-state index contributed by atoms with van der Waals surface area (Å²) in [7, 11) is 0. The first-order valence-electron chi connectivity index (χ1n) is 10.6. The van der Waals surface area contributed by atoms with E-state index in [1.165, 1.54) is 6.26 Å². The molecule has 0 saturated carbocycles. The molecule has 2 saturated heterocycles. The van der Waals surface area contributed by atoms with E-state index in [2.05, 4.69) is 4.90 Å². The van der Waals surface area contributed by atoms with E-state index in [1.807, 2.05) is 41.0 Å². The summed E-state index contributed by atoms with van der Waals surface area (Å²) in [6, 6.07) is 11.2. The molecule has 1 aromatic heterocycles. The summed E-state index contributed by atoms with van der Waals surface area (Å²) in [5.74, 6) is 0.419. The van der Waals surface area contributed by atoms with Gasteiger partial charge in [-0.1, -0.05) is 18.2 Å². The van der Waals surface area contributed by atoms with E-state index in [9.17, 15) is 9.59 Å². The van der Waals surface area contributed by atoms with Gasteiger partial charge in [0.1, 0.15) is 0 Å². The molecule has 2 amide bonds. The summed E-state index contributed by atoms with van der Waals surface area (Å²) in [5.41, 5.74) is 1.76. The lowest BCUT2D eigenvalue weighted by atomic mass is 10.1. The van der Waals surface area contributed by atoms with Gasteiger partial charge in [0.05, 0.1) is 19.0 Å². The minimum absolute atomic E-state index is 0.0148. The van der Waals surface area contributed by atoms with Gasteiger partial charge in [0.2, 0.25) is 0 Å². The summed E-state index contributed by atoms with van der Waals surface area (Å²) in [4.78, 5) is 31.6. The molecule has 0 N–H and O–H groups in total. The summed E-state index contributed by atoms with van der Waals surface area (Å²) < 4.78 is 11.2. The molecule has 2 aliphatic rings. The van der Waals surface area contributed by atoms with Crippen molar-refractivity contribution in [1.29, 1.82) is 0 Å². The van der Waals surface area contributed by atoms with Crippen molar-refractivity contribution < 1.29 is 18.7 Å². The van der Waals surface area contributed by atoms with Crippen LogP contribution in [-0.4, -0.2) is 85.0 Å². The SMILES string of the molecule is Cc1ccccc1C(=O)N1CCOC(CN2CCCN(C(=O)c3ccco3)CC2)C1. The molecule has 2 fully saturated rings. The topological polar surface area (TPSA) is 66.2 Å². The maximum absolute atomic E-state index is 12.9. The predicted molar refractivity (Wildman–Crippen MR) is 112 cm³/mol. The smallest absolute Gasteiger partial charge is 0.289 e. The van der Waals surface area contributed by atoms with Gasteiger partial charge >= 0.3 is 0 Å². The Morgan fingerprint density at radius 1 is 0.967 bits per heavy atom. The maximum atomic E-state index is 12.9. The van der Waals surface area contributed by atoms with Crippen LogP contribution in [-0.2, 0) is 4.74 Å². The highest BCUT2D eigenvalue weighted by atomic mass is 16.5. The Balaban J connectivity index is 1.31. The number of ether oxygens (including phenoxy) is 1. The van der Waals surface area contributed by atoms with E-state index in [4.69, 9.17) is 9.15 Å². The van der Waals surface area contributed by atoms with Crippen molar-refractivity contribution >= 4 is 11.8 Å². The molecule has 1 aromatic carbocycles. The van der Waals surface area contributed by atoms with Gasteiger partial charge in [0, 0.05) is 44.8 Å². The van der Waals surface area contributed by atoms with E-state index in [1.54, 1.807) is 12.1 Å². The first-order valence-corrected chi connectivity index (χ1v) is 10.6. The van der Waals surface area contributed by atoms with E-state index >= 15 is 0 Å². The van der Waals surface area contributed by atoms with Crippen molar-refractivity contribution in [3.8, 4) is 0 Å². The average molecular weight is 412 g/mol. The van der Waals surface area contributed by atoms with Gasteiger partial charge in [0.15, 0.2) is 5.76 Å².